The molecule has 0 radical (unpaired) electrons. The molecule has 1 heterocycles. The van der Waals surface area contributed by atoms with Crippen molar-refractivity contribution < 1.29 is 4.79 Å². The number of halogens is 2. The summed E-state index contributed by atoms with van der Waals surface area (Å²) in [4.78, 5) is 16.0. The fourth-order valence-corrected chi connectivity index (χ4v) is 3.00. The highest BCUT2D eigenvalue weighted by atomic mass is 35.5. The van der Waals surface area contributed by atoms with Gasteiger partial charge < -0.3 is 9.80 Å². The molecule has 114 valence electrons. The summed E-state index contributed by atoms with van der Waals surface area (Å²) in [5.74, 6) is 0. The van der Waals surface area contributed by atoms with Crippen molar-refractivity contribution in [3.05, 3.63) is 69.7 Å². The Morgan fingerprint density at radius 3 is 1.68 bits per heavy atom. The first-order chi connectivity index (χ1) is 10.6. The molecule has 2 aromatic rings. The quantitative estimate of drug-likeness (QED) is 0.813. The third-order valence-corrected chi connectivity index (χ3v) is 4.44. The van der Waals surface area contributed by atoms with Gasteiger partial charge in [0.1, 0.15) is 0 Å². The number of benzene rings is 2. The molecule has 0 unspecified atom stereocenters. The van der Waals surface area contributed by atoms with Crippen molar-refractivity contribution in [3.8, 4) is 0 Å². The minimum absolute atomic E-state index is 0.0369. The molecule has 0 atom stereocenters. The summed E-state index contributed by atoms with van der Waals surface area (Å²) in [6, 6.07) is 15.2. The largest absolute Gasteiger partial charge is 0.326 e. The second-order valence-electron chi connectivity index (χ2n) is 5.40. The monoisotopic (exact) mass is 334 g/mol. The fourth-order valence-electron chi connectivity index (χ4n) is 2.75. The molecule has 0 spiro atoms. The molecule has 2 amide bonds. The molecule has 0 aliphatic carbocycles. The molecule has 1 saturated heterocycles. The lowest BCUT2D eigenvalue weighted by Crippen LogP contribution is -2.33. The average Bonchev–Trinajstić information content (AvgIpc) is 2.84. The number of hydrogen-bond acceptors (Lipinski definition) is 1. The molecule has 0 N–H and O–H groups in total. The van der Waals surface area contributed by atoms with Gasteiger partial charge >= 0.3 is 6.03 Å². The van der Waals surface area contributed by atoms with Crippen molar-refractivity contribution in [2.75, 3.05) is 20.1 Å². The van der Waals surface area contributed by atoms with E-state index in [4.69, 9.17) is 23.2 Å². The number of rotatable bonds is 3. The molecule has 3 rings (SSSR count). The van der Waals surface area contributed by atoms with Crippen LogP contribution < -0.4 is 0 Å². The Bertz CT molecular complexity index is 625. The lowest BCUT2D eigenvalue weighted by Gasteiger charge is -2.28. The predicted octanol–water partition coefficient (Wildman–Crippen LogP) is 4.45. The Morgan fingerprint density at radius 2 is 1.32 bits per heavy atom. The smallest absolute Gasteiger partial charge is 0.320 e. The summed E-state index contributed by atoms with van der Waals surface area (Å²) >= 11 is 12.0. The summed E-state index contributed by atoms with van der Waals surface area (Å²) in [6.45, 7) is 1.43. The number of carbonyl (C=O) groups excluding carboxylic acids is 1. The van der Waals surface area contributed by atoms with Crippen molar-refractivity contribution in [2.24, 2.45) is 0 Å². The Kier molecular flexibility index (Phi) is 4.27. The Balaban J connectivity index is 2.04. The predicted molar refractivity (Wildman–Crippen MR) is 89.5 cm³/mol. The topological polar surface area (TPSA) is 23.6 Å². The first kappa shape index (κ1) is 15.2. The number of urea groups is 1. The number of hydrogen-bond donors (Lipinski definition) is 0. The van der Waals surface area contributed by atoms with Crippen LogP contribution in [0.25, 0.3) is 0 Å². The molecule has 3 nitrogen and oxygen atoms in total. The van der Waals surface area contributed by atoms with Crippen LogP contribution in [0.3, 0.4) is 0 Å². The summed E-state index contributed by atoms with van der Waals surface area (Å²) in [5, 5.41) is 1.37. The lowest BCUT2D eigenvalue weighted by molar-refractivity contribution is 0.189. The molecule has 1 fully saturated rings. The van der Waals surface area contributed by atoms with Gasteiger partial charge in [0.25, 0.3) is 0 Å². The van der Waals surface area contributed by atoms with Crippen molar-refractivity contribution in [3.63, 3.8) is 0 Å². The highest BCUT2D eigenvalue weighted by Gasteiger charge is 2.33. The molecule has 2 aromatic carbocycles. The first-order valence-electron chi connectivity index (χ1n) is 7.09. The second-order valence-corrected chi connectivity index (χ2v) is 6.28. The molecule has 0 aromatic heterocycles. The molecule has 0 bridgehead atoms. The lowest BCUT2D eigenvalue weighted by atomic mass is 9.97. The van der Waals surface area contributed by atoms with Crippen molar-refractivity contribution in [1.29, 1.82) is 0 Å². The molecule has 1 aliphatic heterocycles. The minimum Gasteiger partial charge on any atom is -0.326 e. The van der Waals surface area contributed by atoms with Gasteiger partial charge in [0.05, 0.1) is 6.04 Å². The van der Waals surface area contributed by atoms with Gasteiger partial charge in [0.2, 0.25) is 0 Å². The third kappa shape index (κ3) is 2.92. The summed E-state index contributed by atoms with van der Waals surface area (Å²) in [6.07, 6.45) is 0. The highest BCUT2D eigenvalue weighted by molar-refractivity contribution is 6.30. The van der Waals surface area contributed by atoms with Crippen LogP contribution in [0.1, 0.15) is 17.2 Å². The van der Waals surface area contributed by atoms with E-state index in [0.717, 1.165) is 17.7 Å². The molecule has 1 aliphatic rings. The van der Waals surface area contributed by atoms with Gasteiger partial charge in [-0.25, -0.2) is 4.79 Å². The van der Waals surface area contributed by atoms with Gasteiger partial charge in [-0.05, 0) is 35.4 Å². The maximum absolute atomic E-state index is 12.4. The zero-order valence-electron chi connectivity index (χ0n) is 12.2. The van der Waals surface area contributed by atoms with Crippen LogP contribution in [-0.2, 0) is 0 Å². The molecular weight excluding hydrogens is 319 g/mol. The standard InChI is InChI=1S/C17H16Cl2N2O/c1-20-10-11-21(17(20)22)16(12-2-6-14(18)7-3-12)13-4-8-15(19)9-5-13/h2-9,16H,10-11H2,1H3. The Hall–Kier alpha value is -1.71. The van der Waals surface area contributed by atoms with E-state index < -0.39 is 0 Å². The summed E-state index contributed by atoms with van der Waals surface area (Å²) < 4.78 is 0. The van der Waals surface area contributed by atoms with Crippen LogP contribution in [0.5, 0.6) is 0 Å². The van der Waals surface area contributed by atoms with E-state index in [-0.39, 0.29) is 12.1 Å². The van der Waals surface area contributed by atoms with Crippen LogP contribution >= 0.6 is 23.2 Å². The SMILES string of the molecule is CN1CCN(C(c2ccc(Cl)cc2)c2ccc(Cl)cc2)C1=O. The first-order valence-corrected chi connectivity index (χ1v) is 7.84. The van der Waals surface area contributed by atoms with E-state index in [0.29, 0.717) is 16.6 Å². The van der Waals surface area contributed by atoms with Crippen LogP contribution in [-0.4, -0.2) is 36.0 Å². The normalized spacial score (nSPS) is 15.0. The van der Waals surface area contributed by atoms with E-state index >= 15 is 0 Å². The van der Waals surface area contributed by atoms with Gasteiger partial charge in [-0.15, -0.1) is 0 Å². The summed E-state index contributed by atoms with van der Waals surface area (Å²) in [7, 11) is 1.82. The average molecular weight is 335 g/mol. The number of amides is 2. The number of carbonyl (C=O) groups is 1. The number of nitrogens with zero attached hydrogens (tertiary/aromatic N) is 2. The molecule has 0 saturated carbocycles. The van der Waals surface area contributed by atoms with E-state index in [1.54, 1.807) is 4.90 Å². The summed E-state index contributed by atoms with van der Waals surface area (Å²) in [5.41, 5.74) is 2.07. The van der Waals surface area contributed by atoms with Crippen LogP contribution in [0.15, 0.2) is 48.5 Å². The highest BCUT2D eigenvalue weighted by Crippen LogP contribution is 2.32. The van der Waals surface area contributed by atoms with Gasteiger partial charge in [0, 0.05) is 30.2 Å². The van der Waals surface area contributed by atoms with Crippen LogP contribution in [0.4, 0.5) is 4.79 Å². The fraction of sp³-hybridized carbons (Fsp3) is 0.235. The second kappa shape index (κ2) is 6.19. The van der Waals surface area contributed by atoms with E-state index in [1.807, 2.05) is 60.5 Å². The Morgan fingerprint density at radius 1 is 0.864 bits per heavy atom. The zero-order chi connectivity index (χ0) is 15.7. The van der Waals surface area contributed by atoms with Crippen molar-refractivity contribution >= 4 is 29.2 Å². The van der Waals surface area contributed by atoms with E-state index in [9.17, 15) is 4.79 Å². The van der Waals surface area contributed by atoms with E-state index in [2.05, 4.69) is 0 Å². The van der Waals surface area contributed by atoms with Gasteiger partial charge in [-0.3, -0.25) is 0 Å². The van der Waals surface area contributed by atoms with Gasteiger partial charge in [0.15, 0.2) is 0 Å². The van der Waals surface area contributed by atoms with Gasteiger partial charge in [-0.2, -0.15) is 0 Å². The maximum atomic E-state index is 12.4. The molecule has 22 heavy (non-hydrogen) atoms. The zero-order valence-corrected chi connectivity index (χ0v) is 13.7. The molecular formula is C17H16Cl2N2O. The van der Waals surface area contributed by atoms with Gasteiger partial charge in [-0.1, -0.05) is 47.5 Å². The molecule has 5 heteroatoms. The van der Waals surface area contributed by atoms with Crippen molar-refractivity contribution in [2.45, 2.75) is 6.04 Å². The van der Waals surface area contributed by atoms with Crippen LogP contribution in [0.2, 0.25) is 10.0 Å². The van der Waals surface area contributed by atoms with Crippen molar-refractivity contribution in [1.82, 2.24) is 9.80 Å². The van der Waals surface area contributed by atoms with Crippen LogP contribution in [0, 0.1) is 0 Å². The minimum atomic E-state index is -0.132. The number of likely N-dealkylation sites (N-methyl/N-ethyl adjacent to an activating group) is 1. The maximum Gasteiger partial charge on any atom is 0.320 e. The van der Waals surface area contributed by atoms with E-state index in [1.165, 1.54) is 0 Å². The Labute approximate surface area is 140 Å². The third-order valence-electron chi connectivity index (χ3n) is 3.93.